The lowest BCUT2D eigenvalue weighted by Crippen LogP contribution is -2.39. The molecule has 3 heteroatoms. The molecule has 1 heterocycles. The van der Waals surface area contributed by atoms with E-state index in [0.717, 1.165) is 19.4 Å². The third-order valence-corrected chi connectivity index (χ3v) is 4.44. The normalized spacial score (nSPS) is 29.3. The number of likely N-dealkylation sites (tertiary alicyclic amines) is 1. The van der Waals surface area contributed by atoms with E-state index in [2.05, 4.69) is 19.1 Å². The molecule has 1 aliphatic heterocycles. The van der Waals surface area contributed by atoms with Crippen molar-refractivity contribution >= 4 is 5.91 Å². The maximum absolute atomic E-state index is 12.7. The summed E-state index contributed by atoms with van der Waals surface area (Å²) < 4.78 is 0. The summed E-state index contributed by atoms with van der Waals surface area (Å²) in [5.74, 6) is 0.703. The number of carbonyl (C=O) groups excluding carboxylic acids is 1. The molecule has 2 N–H and O–H groups in total. The van der Waals surface area contributed by atoms with E-state index in [4.69, 9.17) is 5.73 Å². The number of hydrogen-bond acceptors (Lipinski definition) is 2. The number of amides is 1. The first kappa shape index (κ1) is 11.7. The zero-order valence-electron chi connectivity index (χ0n) is 10.8. The first-order valence-electron chi connectivity index (χ1n) is 6.74. The van der Waals surface area contributed by atoms with Crippen LogP contribution in [0.15, 0.2) is 30.3 Å². The monoisotopic (exact) mass is 244 g/mol. The minimum absolute atomic E-state index is 0.139. The highest BCUT2D eigenvalue weighted by Gasteiger charge is 2.53. The highest BCUT2D eigenvalue weighted by molar-refractivity contribution is 5.91. The Balaban J connectivity index is 1.81. The molecule has 1 aromatic carbocycles. The van der Waals surface area contributed by atoms with Gasteiger partial charge in [-0.3, -0.25) is 4.79 Å². The van der Waals surface area contributed by atoms with Gasteiger partial charge in [-0.1, -0.05) is 37.3 Å². The van der Waals surface area contributed by atoms with Crippen LogP contribution >= 0.6 is 0 Å². The summed E-state index contributed by atoms with van der Waals surface area (Å²) in [6, 6.07) is 10.3. The van der Waals surface area contributed by atoms with E-state index < -0.39 is 0 Å². The summed E-state index contributed by atoms with van der Waals surface area (Å²) in [6.07, 6.45) is 1.96. The smallest absolute Gasteiger partial charge is 0.233 e. The second-order valence-corrected chi connectivity index (χ2v) is 5.80. The van der Waals surface area contributed by atoms with Gasteiger partial charge in [-0.2, -0.15) is 0 Å². The number of nitrogens with two attached hydrogens (primary N) is 1. The molecular weight excluding hydrogens is 224 g/mol. The first-order chi connectivity index (χ1) is 8.63. The molecule has 2 unspecified atom stereocenters. The molecule has 3 rings (SSSR count). The van der Waals surface area contributed by atoms with Crippen LogP contribution in [0, 0.1) is 5.92 Å². The molecule has 1 aliphatic carbocycles. The van der Waals surface area contributed by atoms with Gasteiger partial charge >= 0.3 is 0 Å². The maximum atomic E-state index is 12.7. The van der Waals surface area contributed by atoms with Gasteiger partial charge in [0.25, 0.3) is 0 Å². The van der Waals surface area contributed by atoms with Crippen molar-refractivity contribution in [1.29, 1.82) is 0 Å². The quantitative estimate of drug-likeness (QED) is 0.857. The molecule has 1 aromatic rings. The second-order valence-electron chi connectivity index (χ2n) is 5.80. The molecule has 0 radical (unpaired) electrons. The van der Waals surface area contributed by atoms with Crippen molar-refractivity contribution in [3.8, 4) is 0 Å². The Morgan fingerprint density at radius 1 is 1.28 bits per heavy atom. The van der Waals surface area contributed by atoms with Crippen LogP contribution in [-0.2, 0) is 10.2 Å². The number of nitrogens with zero attached hydrogens (tertiary/aromatic N) is 1. The van der Waals surface area contributed by atoms with Gasteiger partial charge in [-0.15, -0.1) is 0 Å². The highest BCUT2D eigenvalue weighted by Crippen LogP contribution is 2.50. The van der Waals surface area contributed by atoms with Gasteiger partial charge in [-0.05, 0) is 24.3 Å². The van der Waals surface area contributed by atoms with Gasteiger partial charge in [0.2, 0.25) is 5.91 Å². The van der Waals surface area contributed by atoms with Crippen molar-refractivity contribution in [3.63, 3.8) is 0 Å². The van der Waals surface area contributed by atoms with Crippen LogP contribution in [0.5, 0.6) is 0 Å². The summed E-state index contributed by atoms with van der Waals surface area (Å²) in [7, 11) is 0. The van der Waals surface area contributed by atoms with Gasteiger partial charge in [0, 0.05) is 19.1 Å². The molecular formula is C15H20N2O. The molecule has 1 amide bonds. The van der Waals surface area contributed by atoms with Crippen molar-refractivity contribution in [2.24, 2.45) is 11.7 Å². The predicted octanol–water partition coefficient (Wildman–Crippen LogP) is 1.52. The Hall–Kier alpha value is -1.35. The summed E-state index contributed by atoms with van der Waals surface area (Å²) in [5, 5.41) is 0. The van der Waals surface area contributed by atoms with Crippen LogP contribution < -0.4 is 5.73 Å². The lowest BCUT2D eigenvalue weighted by atomic mass is 9.94. The van der Waals surface area contributed by atoms with Crippen LogP contribution in [0.2, 0.25) is 0 Å². The van der Waals surface area contributed by atoms with Crippen molar-refractivity contribution in [2.45, 2.75) is 31.2 Å². The Bertz CT molecular complexity index is 443. The molecule has 3 nitrogen and oxygen atoms in total. The van der Waals surface area contributed by atoms with E-state index in [1.54, 1.807) is 0 Å². The second kappa shape index (κ2) is 4.09. The fourth-order valence-corrected chi connectivity index (χ4v) is 2.97. The molecule has 1 saturated heterocycles. The first-order valence-corrected chi connectivity index (χ1v) is 6.74. The third-order valence-electron chi connectivity index (χ3n) is 4.44. The van der Waals surface area contributed by atoms with Crippen molar-refractivity contribution in [2.75, 3.05) is 13.1 Å². The minimum atomic E-state index is -0.231. The standard InChI is InChI=1S/C15H20N2O/c1-11-9-17(10-13(11)16)14(18)15(7-8-15)12-5-3-2-4-6-12/h2-6,11,13H,7-10,16H2,1H3. The van der Waals surface area contributed by atoms with Crippen molar-refractivity contribution in [3.05, 3.63) is 35.9 Å². The summed E-state index contributed by atoms with van der Waals surface area (Å²) in [5.41, 5.74) is 6.95. The van der Waals surface area contributed by atoms with Crippen molar-refractivity contribution < 1.29 is 4.79 Å². The Morgan fingerprint density at radius 3 is 2.44 bits per heavy atom. The van der Waals surface area contributed by atoms with Crippen molar-refractivity contribution in [1.82, 2.24) is 4.90 Å². The number of hydrogen-bond donors (Lipinski definition) is 1. The predicted molar refractivity (Wildman–Crippen MR) is 71.1 cm³/mol. The van der Waals surface area contributed by atoms with Gasteiger partial charge < -0.3 is 10.6 Å². The molecule has 2 fully saturated rings. The number of carbonyl (C=O) groups is 1. The zero-order valence-corrected chi connectivity index (χ0v) is 10.8. The van der Waals surface area contributed by atoms with Crippen LogP contribution in [0.1, 0.15) is 25.3 Å². The molecule has 0 aromatic heterocycles. The van der Waals surface area contributed by atoms with E-state index in [1.165, 1.54) is 5.56 Å². The maximum Gasteiger partial charge on any atom is 0.233 e. The average Bonchev–Trinajstić information content (AvgIpc) is 3.13. The number of rotatable bonds is 2. The molecule has 2 aliphatic rings. The third kappa shape index (κ3) is 1.74. The minimum Gasteiger partial charge on any atom is -0.340 e. The zero-order chi connectivity index (χ0) is 12.8. The van der Waals surface area contributed by atoms with Gasteiger partial charge in [-0.25, -0.2) is 0 Å². The van der Waals surface area contributed by atoms with Crippen LogP contribution in [0.4, 0.5) is 0 Å². The Morgan fingerprint density at radius 2 is 1.94 bits per heavy atom. The summed E-state index contributed by atoms with van der Waals surface area (Å²) >= 11 is 0. The van der Waals surface area contributed by atoms with Crippen LogP contribution in [-0.4, -0.2) is 29.9 Å². The van der Waals surface area contributed by atoms with Crippen LogP contribution in [0.3, 0.4) is 0 Å². The van der Waals surface area contributed by atoms with E-state index in [9.17, 15) is 4.79 Å². The van der Waals surface area contributed by atoms with E-state index >= 15 is 0 Å². The SMILES string of the molecule is CC1CN(C(=O)C2(c3ccccc3)CC2)CC1N. The average molecular weight is 244 g/mol. The highest BCUT2D eigenvalue weighted by atomic mass is 16.2. The van der Waals surface area contributed by atoms with E-state index in [0.29, 0.717) is 12.5 Å². The molecule has 0 spiro atoms. The molecule has 18 heavy (non-hydrogen) atoms. The Kier molecular flexibility index (Phi) is 2.67. The lowest BCUT2D eigenvalue weighted by Gasteiger charge is -2.23. The molecule has 96 valence electrons. The van der Waals surface area contributed by atoms with E-state index in [1.807, 2.05) is 23.1 Å². The largest absolute Gasteiger partial charge is 0.340 e. The summed E-state index contributed by atoms with van der Waals surface area (Å²) in [4.78, 5) is 14.7. The molecule has 2 atom stereocenters. The van der Waals surface area contributed by atoms with E-state index in [-0.39, 0.29) is 17.4 Å². The Labute approximate surface area is 108 Å². The fraction of sp³-hybridized carbons (Fsp3) is 0.533. The van der Waals surface area contributed by atoms with Gasteiger partial charge in [0.05, 0.1) is 5.41 Å². The van der Waals surface area contributed by atoms with Gasteiger partial charge in [0.15, 0.2) is 0 Å². The topological polar surface area (TPSA) is 46.3 Å². The number of benzene rings is 1. The molecule has 0 bridgehead atoms. The lowest BCUT2D eigenvalue weighted by molar-refractivity contribution is -0.133. The molecule has 1 saturated carbocycles. The summed E-state index contributed by atoms with van der Waals surface area (Å²) in [6.45, 7) is 3.66. The van der Waals surface area contributed by atoms with Gasteiger partial charge in [0.1, 0.15) is 0 Å². The fourth-order valence-electron chi connectivity index (χ4n) is 2.97. The van der Waals surface area contributed by atoms with Crippen LogP contribution in [0.25, 0.3) is 0 Å².